The van der Waals surface area contributed by atoms with Crippen LogP contribution in [0.3, 0.4) is 0 Å². The highest BCUT2D eigenvalue weighted by molar-refractivity contribution is 5.94. The van der Waals surface area contributed by atoms with Gasteiger partial charge in [-0.1, -0.05) is 12.1 Å². The fraction of sp³-hybridized carbons (Fsp3) is 0.250. The van der Waals surface area contributed by atoms with Crippen molar-refractivity contribution < 1.29 is 4.74 Å². The third-order valence-corrected chi connectivity index (χ3v) is 5.53. The third kappa shape index (κ3) is 4.00. The first kappa shape index (κ1) is 18.6. The number of aromatic nitrogens is 3. The van der Waals surface area contributed by atoms with E-state index in [1.54, 1.807) is 0 Å². The summed E-state index contributed by atoms with van der Waals surface area (Å²) in [4.78, 5) is 14.7. The van der Waals surface area contributed by atoms with Gasteiger partial charge < -0.3 is 19.9 Å². The van der Waals surface area contributed by atoms with Gasteiger partial charge in [0.15, 0.2) is 0 Å². The normalized spacial score (nSPS) is 14.2. The number of rotatable bonds is 6. The largest absolute Gasteiger partial charge is 0.378 e. The number of fused-ring (bicyclic) bond motifs is 1. The van der Waals surface area contributed by atoms with Gasteiger partial charge in [0.2, 0.25) is 0 Å². The Morgan fingerprint density at radius 1 is 1.03 bits per heavy atom. The maximum absolute atomic E-state index is 5.55. The van der Waals surface area contributed by atoms with Crippen molar-refractivity contribution in [3.05, 3.63) is 72.7 Å². The van der Waals surface area contributed by atoms with Crippen molar-refractivity contribution in [3.8, 4) is 11.3 Å². The van der Waals surface area contributed by atoms with Crippen LogP contribution in [0.4, 0.5) is 11.5 Å². The molecule has 1 saturated heterocycles. The van der Waals surface area contributed by atoms with E-state index in [1.807, 2.05) is 18.6 Å². The van der Waals surface area contributed by atoms with Gasteiger partial charge in [-0.25, -0.2) is 4.98 Å². The maximum Gasteiger partial charge on any atom is 0.128 e. The Labute approximate surface area is 175 Å². The molecule has 1 fully saturated rings. The fourth-order valence-electron chi connectivity index (χ4n) is 3.94. The zero-order chi connectivity index (χ0) is 20.2. The second kappa shape index (κ2) is 8.55. The van der Waals surface area contributed by atoms with E-state index in [9.17, 15) is 0 Å². The summed E-state index contributed by atoms with van der Waals surface area (Å²) in [6.45, 7) is 4.13. The van der Waals surface area contributed by atoms with Crippen molar-refractivity contribution in [1.82, 2.24) is 15.0 Å². The van der Waals surface area contributed by atoms with Crippen molar-refractivity contribution in [1.29, 1.82) is 0 Å². The molecule has 6 heteroatoms. The van der Waals surface area contributed by atoms with E-state index in [0.717, 1.165) is 61.9 Å². The number of hydrogen-bond donors (Lipinski definition) is 2. The molecule has 4 aromatic rings. The highest BCUT2D eigenvalue weighted by Crippen LogP contribution is 2.31. The minimum absolute atomic E-state index is 0.760. The molecule has 4 heterocycles. The molecule has 0 amide bonds. The van der Waals surface area contributed by atoms with Gasteiger partial charge in [0, 0.05) is 66.4 Å². The fourth-order valence-corrected chi connectivity index (χ4v) is 3.94. The molecule has 152 valence electrons. The van der Waals surface area contributed by atoms with E-state index in [2.05, 4.69) is 68.7 Å². The number of ether oxygens (including phenoxy) is 1. The van der Waals surface area contributed by atoms with Gasteiger partial charge in [-0.3, -0.25) is 4.98 Å². The Kier molecular flexibility index (Phi) is 5.31. The van der Waals surface area contributed by atoms with Crippen molar-refractivity contribution in [2.45, 2.75) is 6.42 Å². The average molecular weight is 399 g/mol. The zero-order valence-electron chi connectivity index (χ0n) is 16.8. The van der Waals surface area contributed by atoms with Crippen LogP contribution in [0, 0.1) is 0 Å². The molecule has 0 atom stereocenters. The number of nitrogens with one attached hydrogen (secondary N) is 2. The molecule has 1 aromatic carbocycles. The highest BCUT2D eigenvalue weighted by Gasteiger charge is 2.15. The predicted molar refractivity (Wildman–Crippen MR) is 121 cm³/mol. The molecular formula is C24H25N5O. The van der Waals surface area contributed by atoms with Crippen molar-refractivity contribution >= 4 is 22.4 Å². The number of nitrogens with zero attached hydrogens (tertiary/aromatic N) is 3. The van der Waals surface area contributed by atoms with Gasteiger partial charge in [-0.2, -0.15) is 0 Å². The summed E-state index contributed by atoms with van der Waals surface area (Å²) in [6, 6.07) is 16.9. The second-order valence-electron chi connectivity index (χ2n) is 7.47. The maximum atomic E-state index is 5.55. The van der Waals surface area contributed by atoms with Crippen molar-refractivity contribution in [3.63, 3.8) is 0 Å². The van der Waals surface area contributed by atoms with Crippen molar-refractivity contribution in [2.75, 3.05) is 43.1 Å². The van der Waals surface area contributed by atoms with E-state index in [4.69, 9.17) is 9.72 Å². The van der Waals surface area contributed by atoms with Crippen LogP contribution in [0.1, 0.15) is 5.56 Å². The summed E-state index contributed by atoms with van der Waals surface area (Å²) >= 11 is 0. The van der Waals surface area contributed by atoms with Crippen LogP contribution in [-0.2, 0) is 11.2 Å². The highest BCUT2D eigenvalue weighted by atomic mass is 16.5. The van der Waals surface area contributed by atoms with E-state index in [1.165, 1.54) is 16.6 Å². The third-order valence-electron chi connectivity index (χ3n) is 5.53. The lowest BCUT2D eigenvalue weighted by molar-refractivity contribution is 0.122. The Morgan fingerprint density at radius 3 is 2.77 bits per heavy atom. The Balaban J connectivity index is 1.46. The summed E-state index contributed by atoms with van der Waals surface area (Å²) in [7, 11) is 0. The summed E-state index contributed by atoms with van der Waals surface area (Å²) < 4.78 is 5.55. The molecule has 0 spiro atoms. The second-order valence-corrected chi connectivity index (χ2v) is 7.47. The number of aromatic amines is 1. The SMILES string of the molecule is c1cc(-c2cc(N3CCOCC3)cc(NCCc3ccncc3)n2)c2cc[nH]c2c1. The molecule has 0 radical (unpaired) electrons. The summed E-state index contributed by atoms with van der Waals surface area (Å²) in [5.41, 5.74) is 5.69. The van der Waals surface area contributed by atoms with Crippen LogP contribution in [0.5, 0.6) is 0 Å². The quantitative estimate of drug-likeness (QED) is 0.511. The molecule has 0 bridgehead atoms. The Bertz CT molecular complexity index is 1120. The number of hydrogen-bond acceptors (Lipinski definition) is 5. The molecular weight excluding hydrogens is 374 g/mol. The van der Waals surface area contributed by atoms with Gasteiger partial charge in [0.05, 0.1) is 18.9 Å². The molecule has 2 N–H and O–H groups in total. The van der Waals surface area contributed by atoms with Crippen LogP contribution >= 0.6 is 0 Å². The molecule has 6 nitrogen and oxygen atoms in total. The lowest BCUT2D eigenvalue weighted by Gasteiger charge is -2.29. The standard InChI is InChI=1S/C24H25N5O/c1-2-20(21-7-11-26-22(21)3-1)23-16-19(29-12-14-30-15-13-29)17-24(28-23)27-10-6-18-4-8-25-9-5-18/h1-5,7-9,11,16-17,26H,6,10,12-15H2,(H,27,28). The first-order chi connectivity index (χ1) is 14.9. The lowest BCUT2D eigenvalue weighted by atomic mass is 10.1. The Hall–Kier alpha value is -3.38. The van der Waals surface area contributed by atoms with Crippen molar-refractivity contribution in [2.24, 2.45) is 0 Å². The van der Waals surface area contributed by atoms with Crippen LogP contribution in [-0.4, -0.2) is 47.8 Å². The molecule has 1 aliphatic heterocycles. The van der Waals surface area contributed by atoms with Gasteiger partial charge in [-0.15, -0.1) is 0 Å². The first-order valence-corrected chi connectivity index (χ1v) is 10.4. The molecule has 5 rings (SSSR count). The zero-order valence-corrected chi connectivity index (χ0v) is 16.8. The predicted octanol–water partition coefficient (Wildman–Crippen LogP) is 4.12. The molecule has 0 unspecified atom stereocenters. The minimum atomic E-state index is 0.760. The number of benzene rings is 1. The molecule has 0 saturated carbocycles. The summed E-state index contributed by atoms with van der Waals surface area (Å²) in [5, 5.41) is 4.71. The molecule has 1 aliphatic rings. The first-order valence-electron chi connectivity index (χ1n) is 10.4. The van der Waals surface area contributed by atoms with Gasteiger partial charge in [0.25, 0.3) is 0 Å². The van der Waals surface area contributed by atoms with E-state index in [-0.39, 0.29) is 0 Å². The van der Waals surface area contributed by atoms with E-state index in [0.29, 0.717) is 0 Å². The van der Waals surface area contributed by atoms with Crippen LogP contribution in [0.2, 0.25) is 0 Å². The summed E-state index contributed by atoms with van der Waals surface area (Å²) in [5.74, 6) is 0.899. The lowest BCUT2D eigenvalue weighted by Crippen LogP contribution is -2.36. The smallest absolute Gasteiger partial charge is 0.128 e. The van der Waals surface area contributed by atoms with Crippen LogP contribution in [0.15, 0.2) is 67.1 Å². The molecule has 3 aromatic heterocycles. The van der Waals surface area contributed by atoms with Gasteiger partial charge >= 0.3 is 0 Å². The topological polar surface area (TPSA) is 66.1 Å². The van der Waals surface area contributed by atoms with E-state index >= 15 is 0 Å². The van der Waals surface area contributed by atoms with E-state index < -0.39 is 0 Å². The van der Waals surface area contributed by atoms with Gasteiger partial charge in [-0.05, 0) is 42.3 Å². The van der Waals surface area contributed by atoms with Crippen LogP contribution < -0.4 is 10.2 Å². The number of morpholine rings is 1. The number of anilines is 2. The molecule has 0 aliphatic carbocycles. The summed E-state index contributed by atoms with van der Waals surface area (Å²) in [6.07, 6.45) is 6.58. The number of H-pyrrole nitrogens is 1. The van der Waals surface area contributed by atoms with Gasteiger partial charge in [0.1, 0.15) is 5.82 Å². The monoisotopic (exact) mass is 399 g/mol. The minimum Gasteiger partial charge on any atom is -0.378 e. The molecule has 30 heavy (non-hydrogen) atoms. The number of pyridine rings is 2. The van der Waals surface area contributed by atoms with Crippen LogP contribution in [0.25, 0.3) is 22.2 Å². The average Bonchev–Trinajstić information content (AvgIpc) is 3.29. The Morgan fingerprint density at radius 2 is 1.90 bits per heavy atom.